The molecular weight excluding hydrogens is 182 g/mol. The molecule has 0 bridgehead atoms. The van der Waals surface area contributed by atoms with E-state index in [1.54, 1.807) is 0 Å². The molecule has 0 N–H and O–H groups in total. The summed E-state index contributed by atoms with van der Waals surface area (Å²) in [7, 11) is 0. The van der Waals surface area contributed by atoms with Crippen LogP contribution in [0.5, 0.6) is 0 Å². The summed E-state index contributed by atoms with van der Waals surface area (Å²) in [6, 6.07) is 0. The lowest BCUT2D eigenvalue weighted by atomic mass is 10.2. The van der Waals surface area contributed by atoms with Gasteiger partial charge in [0.25, 0.3) is 11.8 Å². The van der Waals surface area contributed by atoms with Crippen LogP contribution in [0.1, 0.15) is 25.7 Å². The molecule has 0 fully saturated rings. The lowest BCUT2D eigenvalue weighted by Gasteiger charge is -2.12. The standard InChI is InChI=1S/C10H13NO3/c12-8-4-2-1-3-7-11-9(13)5-6-10(11)14/h5-6,8H,1-4,7H2. The molecule has 1 aliphatic heterocycles. The van der Waals surface area contributed by atoms with Crippen LogP contribution in [0.2, 0.25) is 0 Å². The van der Waals surface area contributed by atoms with Crippen LogP contribution in [0.4, 0.5) is 0 Å². The minimum atomic E-state index is -0.231. The van der Waals surface area contributed by atoms with Gasteiger partial charge in [-0.1, -0.05) is 6.42 Å². The maximum absolute atomic E-state index is 11.1. The van der Waals surface area contributed by atoms with Crippen LogP contribution >= 0.6 is 0 Å². The predicted molar refractivity (Wildman–Crippen MR) is 50.4 cm³/mol. The number of amides is 2. The Kier molecular flexibility index (Phi) is 4.04. The molecule has 0 aromatic carbocycles. The minimum Gasteiger partial charge on any atom is -0.303 e. The van der Waals surface area contributed by atoms with E-state index < -0.39 is 0 Å². The van der Waals surface area contributed by atoms with Gasteiger partial charge in [-0.3, -0.25) is 14.5 Å². The van der Waals surface area contributed by atoms with Crippen LogP contribution in [0.3, 0.4) is 0 Å². The third-order valence-corrected chi connectivity index (χ3v) is 2.10. The quantitative estimate of drug-likeness (QED) is 0.355. The zero-order valence-corrected chi connectivity index (χ0v) is 7.94. The second-order valence-electron chi connectivity index (χ2n) is 3.18. The molecule has 76 valence electrons. The fourth-order valence-electron chi connectivity index (χ4n) is 1.33. The zero-order chi connectivity index (χ0) is 10.4. The molecule has 0 saturated heterocycles. The Morgan fingerprint density at radius 1 is 1.07 bits per heavy atom. The number of hydrogen-bond acceptors (Lipinski definition) is 3. The summed E-state index contributed by atoms with van der Waals surface area (Å²) in [6.07, 6.45) is 6.48. The first-order chi connectivity index (χ1) is 6.75. The summed E-state index contributed by atoms with van der Waals surface area (Å²) in [4.78, 5) is 33.4. The molecule has 0 spiro atoms. The third kappa shape index (κ3) is 2.80. The number of aldehydes is 1. The summed E-state index contributed by atoms with van der Waals surface area (Å²) in [5, 5.41) is 0. The van der Waals surface area contributed by atoms with Gasteiger partial charge in [0, 0.05) is 25.1 Å². The highest BCUT2D eigenvalue weighted by Gasteiger charge is 2.21. The number of imide groups is 1. The second-order valence-corrected chi connectivity index (χ2v) is 3.18. The van der Waals surface area contributed by atoms with Crippen LogP contribution in [0.25, 0.3) is 0 Å². The van der Waals surface area contributed by atoms with Crippen molar-refractivity contribution in [2.24, 2.45) is 0 Å². The van der Waals surface area contributed by atoms with Crippen molar-refractivity contribution in [3.63, 3.8) is 0 Å². The van der Waals surface area contributed by atoms with Crippen molar-refractivity contribution in [3.05, 3.63) is 12.2 Å². The van der Waals surface area contributed by atoms with Crippen molar-refractivity contribution in [2.75, 3.05) is 6.54 Å². The molecule has 4 heteroatoms. The molecule has 1 rings (SSSR count). The number of rotatable bonds is 6. The first-order valence-corrected chi connectivity index (χ1v) is 4.73. The number of carbonyl (C=O) groups is 3. The van der Waals surface area contributed by atoms with E-state index in [1.807, 2.05) is 0 Å². The molecule has 0 unspecified atom stereocenters. The van der Waals surface area contributed by atoms with Gasteiger partial charge in [-0.15, -0.1) is 0 Å². The van der Waals surface area contributed by atoms with Gasteiger partial charge in [0.05, 0.1) is 0 Å². The van der Waals surface area contributed by atoms with Crippen molar-refractivity contribution in [1.82, 2.24) is 4.90 Å². The van der Waals surface area contributed by atoms with E-state index >= 15 is 0 Å². The smallest absolute Gasteiger partial charge is 0.253 e. The fraction of sp³-hybridized carbons (Fsp3) is 0.500. The normalized spacial score (nSPS) is 15.3. The van der Waals surface area contributed by atoms with E-state index in [1.165, 1.54) is 17.1 Å². The lowest BCUT2D eigenvalue weighted by molar-refractivity contribution is -0.136. The Labute approximate surface area is 82.6 Å². The Bertz CT molecular complexity index is 253. The molecule has 0 aromatic heterocycles. The largest absolute Gasteiger partial charge is 0.303 e. The van der Waals surface area contributed by atoms with Crippen LogP contribution in [-0.4, -0.2) is 29.5 Å². The van der Waals surface area contributed by atoms with Crippen LogP contribution < -0.4 is 0 Å². The zero-order valence-electron chi connectivity index (χ0n) is 7.94. The molecule has 4 nitrogen and oxygen atoms in total. The number of nitrogens with zero attached hydrogens (tertiary/aromatic N) is 1. The van der Waals surface area contributed by atoms with Gasteiger partial charge in [0.15, 0.2) is 0 Å². The summed E-state index contributed by atoms with van der Waals surface area (Å²) >= 11 is 0. The van der Waals surface area contributed by atoms with Crippen molar-refractivity contribution >= 4 is 18.1 Å². The Morgan fingerprint density at radius 2 is 1.71 bits per heavy atom. The predicted octanol–water partition coefficient (Wildman–Crippen LogP) is 0.671. The average Bonchev–Trinajstić information content (AvgIpc) is 2.48. The van der Waals surface area contributed by atoms with Crippen molar-refractivity contribution in [3.8, 4) is 0 Å². The highest BCUT2D eigenvalue weighted by molar-refractivity contribution is 6.12. The van der Waals surface area contributed by atoms with Crippen molar-refractivity contribution < 1.29 is 14.4 Å². The van der Waals surface area contributed by atoms with Crippen molar-refractivity contribution in [1.29, 1.82) is 0 Å². The topological polar surface area (TPSA) is 54.5 Å². The van der Waals surface area contributed by atoms with Crippen molar-refractivity contribution in [2.45, 2.75) is 25.7 Å². The molecule has 1 aliphatic rings. The van der Waals surface area contributed by atoms with Gasteiger partial charge in [-0.25, -0.2) is 0 Å². The molecule has 14 heavy (non-hydrogen) atoms. The number of carbonyl (C=O) groups excluding carboxylic acids is 3. The summed E-state index contributed by atoms with van der Waals surface area (Å²) in [6.45, 7) is 0.462. The first kappa shape index (κ1) is 10.6. The summed E-state index contributed by atoms with van der Waals surface area (Å²) in [5.41, 5.74) is 0. The van der Waals surface area contributed by atoms with E-state index in [2.05, 4.69) is 0 Å². The first-order valence-electron chi connectivity index (χ1n) is 4.73. The number of hydrogen-bond donors (Lipinski definition) is 0. The third-order valence-electron chi connectivity index (χ3n) is 2.10. The molecular formula is C10H13NO3. The Hall–Kier alpha value is -1.45. The molecule has 2 amide bonds. The SMILES string of the molecule is O=CCCCCCN1C(=O)C=CC1=O. The highest BCUT2D eigenvalue weighted by Crippen LogP contribution is 2.06. The van der Waals surface area contributed by atoms with Crippen LogP contribution in [0.15, 0.2) is 12.2 Å². The summed E-state index contributed by atoms with van der Waals surface area (Å²) < 4.78 is 0. The Morgan fingerprint density at radius 3 is 2.29 bits per heavy atom. The average molecular weight is 195 g/mol. The Balaban J connectivity index is 2.15. The lowest BCUT2D eigenvalue weighted by Crippen LogP contribution is -2.30. The van der Waals surface area contributed by atoms with Gasteiger partial charge in [-0.2, -0.15) is 0 Å². The van der Waals surface area contributed by atoms with E-state index in [0.29, 0.717) is 13.0 Å². The molecule has 0 aliphatic carbocycles. The van der Waals surface area contributed by atoms with E-state index in [-0.39, 0.29) is 11.8 Å². The molecule has 0 atom stereocenters. The van der Waals surface area contributed by atoms with Gasteiger partial charge in [0.1, 0.15) is 6.29 Å². The van der Waals surface area contributed by atoms with Crippen LogP contribution in [0, 0.1) is 0 Å². The van der Waals surface area contributed by atoms with Gasteiger partial charge in [0.2, 0.25) is 0 Å². The summed E-state index contributed by atoms with van der Waals surface area (Å²) in [5.74, 6) is -0.462. The highest BCUT2D eigenvalue weighted by atomic mass is 16.2. The molecule has 0 radical (unpaired) electrons. The molecule has 1 heterocycles. The number of unbranched alkanes of at least 4 members (excludes halogenated alkanes) is 3. The molecule has 0 saturated carbocycles. The van der Waals surface area contributed by atoms with Gasteiger partial charge in [-0.05, 0) is 12.8 Å². The fourth-order valence-corrected chi connectivity index (χ4v) is 1.33. The van der Waals surface area contributed by atoms with Gasteiger partial charge < -0.3 is 4.79 Å². The molecule has 0 aromatic rings. The second kappa shape index (κ2) is 5.32. The minimum absolute atomic E-state index is 0.231. The van der Waals surface area contributed by atoms with E-state index in [9.17, 15) is 14.4 Å². The van der Waals surface area contributed by atoms with E-state index in [4.69, 9.17) is 0 Å². The van der Waals surface area contributed by atoms with Crippen LogP contribution in [-0.2, 0) is 14.4 Å². The monoisotopic (exact) mass is 195 g/mol. The van der Waals surface area contributed by atoms with E-state index in [0.717, 1.165) is 25.5 Å². The maximum Gasteiger partial charge on any atom is 0.253 e. The van der Waals surface area contributed by atoms with Gasteiger partial charge >= 0.3 is 0 Å². The maximum atomic E-state index is 11.1.